The van der Waals surface area contributed by atoms with Crippen LogP contribution in [0.5, 0.6) is 5.75 Å². The number of nitrogens with one attached hydrogen (secondary N) is 1. The topological polar surface area (TPSA) is 75.3 Å². The highest BCUT2D eigenvalue weighted by Gasteiger charge is 2.00. The van der Waals surface area contributed by atoms with Crippen molar-refractivity contribution in [2.45, 2.75) is 19.8 Å². The first kappa shape index (κ1) is 11.4. The van der Waals surface area contributed by atoms with Gasteiger partial charge in [0.2, 0.25) is 5.91 Å². The molecule has 0 aliphatic carbocycles. The van der Waals surface area contributed by atoms with E-state index in [0.29, 0.717) is 18.7 Å². The lowest BCUT2D eigenvalue weighted by Crippen LogP contribution is -2.24. The molecular formula is C11H16N2O2. The Morgan fingerprint density at radius 1 is 1.53 bits per heavy atom. The largest absolute Gasteiger partial charge is 0.506 e. The Hall–Kier alpha value is -1.71. The maximum Gasteiger partial charge on any atom is 0.219 e. The van der Waals surface area contributed by atoms with Gasteiger partial charge in [-0.3, -0.25) is 4.79 Å². The van der Waals surface area contributed by atoms with Crippen LogP contribution in [0.25, 0.3) is 0 Å². The number of aromatic hydroxyl groups is 1. The normalized spacial score (nSPS) is 9.93. The average Bonchev–Trinajstić information content (AvgIpc) is 2.23. The first-order valence-electron chi connectivity index (χ1n) is 4.97. The van der Waals surface area contributed by atoms with Crippen LogP contribution in [-0.2, 0) is 11.2 Å². The Bertz CT molecular complexity index is 350. The molecule has 0 bridgehead atoms. The zero-order valence-electron chi connectivity index (χ0n) is 8.79. The predicted octanol–water partition coefficient (Wildman–Crippen LogP) is 1.04. The third-order valence-electron chi connectivity index (χ3n) is 2.15. The highest BCUT2D eigenvalue weighted by Crippen LogP contribution is 2.20. The molecule has 1 aromatic rings. The standard InChI is InChI=1S/C11H16N2O2/c1-2-11(15)13-6-5-8-3-4-10(14)9(12)7-8/h3-4,7,14H,2,5-6,12H2,1H3,(H,13,15). The van der Waals surface area contributed by atoms with Gasteiger partial charge in [0.1, 0.15) is 5.75 Å². The number of hydrogen-bond donors (Lipinski definition) is 3. The molecule has 0 unspecified atom stereocenters. The minimum absolute atomic E-state index is 0.0433. The number of nitrogens with two attached hydrogens (primary N) is 1. The van der Waals surface area contributed by atoms with Crippen LogP contribution in [0.4, 0.5) is 5.69 Å². The molecule has 1 amide bonds. The summed E-state index contributed by atoms with van der Waals surface area (Å²) in [5.41, 5.74) is 6.91. The summed E-state index contributed by atoms with van der Waals surface area (Å²) in [5.74, 6) is 0.137. The van der Waals surface area contributed by atoms with E-state index in [-0.39, 0.29) is 11.7 Å². The first-order chi connectivity index (χ1) is 7.13. The number of carbonyl (C=O) groups is 1. The summed E-state index contributed by atoms with van der Waals surface area (Å²) < 4.78 is 0. The number of hydrogen-bond acceptors (Lipinski definition) is 3. The molecule has 0 heterocycles. The van der Waals surface area contributed by atoms with Crippen LogP contribution in [0.2, 0.25) is 0 Å². The minimum atomic E-state index is 0.0433. The SMILES string of the molecule is CCC(=O)NCCc1ccc(O)c(N)c1. The van der Waals surface area contributed by atoms with Gasteiger partial charge >= 0.3 is 0 Å². The van der Waals surface area contributed by atoms with E-state index in [4.69, 9.17) is 5.73 Å². The summed E-state index contributed by atoms with van der Waals surface area (Å²) in [6.07, 6.45) is 1.22. The van der Waals surface area contributed by atoms with Crippen LogP contribution in [0.3, 0.4) is 0 Å². The molecule has 0 aliphatic heterocycles. The Kier molecular flexibility index (Phi) is 3.97. The van der Waals surface area contributed by atoms with Crippen molar-refractivity contribution in [3.05, 3.63) is 23.8 Å². The Morgan fingerprint density at radius 2 is 2.27 bits per heavy atom. The zero-order valence-corrected chi connectivity index (χ0v) is 8.79. The van der Waals surface area contributed by atoms with Gasteiger partial charge in [0.05, 0.1) is 5.69 Å². The fourth-order valence-electron chi connectivity index (χ4n) is 1.23. The maximum atomic E-state index is 10.9. The van der Waals surface area contributed by atoms with Gasteiger partial charge in [-0.25, -0.2) is 0 Å². The van der Waals surface area contributed by atoms with Crippen molar-refractivity contribution in [2.75, 3.05) is 12.3 Å². The van der Waals surface area contributed by atoms with E-state index in [0.717, 1.165) is 12.0 Å². The predicted molar refractivity (Wildman–Crippen MR) is 59.5 cm³/mol. The fourth-order valence-corrected chi connectivity index (χ4v) is 1.23. The lowest BCUT2D eigenvalue weighted by atomic mass is 10.1. The van der Waals surface area contributed by atoms with Gasteiger partial charge < -0.3 is 16.2 Å². The second-order valence-corrected chi connectivity index (χ2v) is 3.35. The molecule has 4 heteroatoms. The van der Waals surface area contributed by atoms with E-state index in [1.165, 1.54) is 0 Å². The smallest absolute Gasteiger partial charge is 0.219 e. The van der Waals surface area contributed by atoms with Gasteiger partial charge in [0.15, 0.2) is 0 Å². The number of anilines is 1. The van der Waals surface area contributed by atoms with Crippen LogP contribution >= 0.6 is 0 Å². The highest BCUT2D eigenvalue weighted by molar-refractivity contribution is 5.75. The van der Waals surface area contributed by atoms with Crippen molar-refractivity contribution in [1.29, 1.82) is 0 Å². The summed E-state index contributed by atoms with van der Waals surface area (Å²) in [4.78, 5) is 10.9. The van der Waals surface area contributed by atoms with Crippen LogP contribution in [0.15, 0.2) is 18.2 Å². The van der Waals surface area contributed by atoms with E-state index in [1.54, 1.807) is 18.2 Å². The molecule has 1 aromatic carbocycles. The molecule has 0 atom stereocenters. The average molecular weight is 208 g/mol. The first-order valence-corrected chi connectivity index (χ1v) is 4.97. The molecule has 0 spiro atoms. The molecule has 4 N–H and O–H groups in total. The molecule has 1 rings (SSSR count). The monoisotopic (exact) mass is 208 g/mol. The third-order valence-corrected chi connectivity index (χ3v) is 2.15. The number of amides is 1. The maximum absolute atomic E-state index is 10.9. The van der Waals surface area contributed by atoms with E-state index in [1.807, 2.05) is 6.92 Å². The number of rotatable bonds is 4. The third kappa shape index (κ3) is 3.50. The Morgan fingerprint density at radius 3 is 2.87 bits per heavy atom. The molecule has 0 saturated carbocycles. The number of benzene rings is 1. The number of phenolic OH excluding ortho intramolecular Hbond substituents is 1. The molecule has 0 aromatic heterocycles. The molecule has 0 aliphatic rings. The van der Waals surface area contributed by atoms with E-state index < -0.39 is 0 Å². The van der Waals surface area contributed by atoms with Crippen molar-refractivity contribution >= 4 is 11.6 Å². The second kappa shape index (κ2) is 5.24. The number of phenols is 1. The number of carbonyl (C=O) groups excluding carboxylic acids is 1. The summed E-state index contributed by atoms with van der Waals surface area (Å²) in [5, 5.41) is 12.0. The van der Waals surface area contributed by atoms with Crippen LogP contribution in [0, 0.1) is 0 Å². The van der Waals surface area contributed by atoms with Crippen molar-refractivity contribution in [2.24, 2.45) is 0 Å². The molecule has 0 radical (unpaired) electrons. The molecule has 0 fully saturated rings. The van der Waals surface area contributed by atoms with Crippen molar-refractivity contribution in [3.8, 4) is 5.75 Å². The Balaban J connectivity index is 2.44. The summed E-state index contributed by atoms with van der Waals surface area (Å²) in [6.45, 7) is 2.41. The van der Waals surface area contributed by atoms with Crippen LogP contribution < -0.4 is 11.1 Å². The van der Waals surface area contributed by atoms with Gasteiger partial charge in [0, 0.05) is 13.0 Å². The summed E-state index contributed by atoms with van der Waals surface area (Å²) in [6, 6.07) is 5.07. The van der Waals surface area contributed by atoms with Gasteiger partial charge in [0.25, 0.3) is 0 Å². The van der Waals surface area contributed by atoms with Crippen LogP contribution in [-0.4, -0.2) is 17.6 Å². The van der Waals surface area contributed by atoms with E-state index >= 15 is 0 Å². The van der Waals surface area contributed by atoms with Crippen molar-refractivity contribution < 1.29 is 9.90 Å². The molecule has 4 nitrogen and oxygen atoms in total. The van der Waals surface area contributed by atoms with Crippen molar-refractivity contribution in [3.63, 3.8) is 0 Å². The number of nitrogen functional groups attached to an aromatic ring is 1. The van der Waals surface area contributed by atoms with Crippen LogP contribution in [0.1, 0.15) is 18.9 Å². The lowest BCUT2D eigenvalue weighted by Gasteiger charge is -2.05. The van der Waals surface area contributed by atoms with E-state index in [2.05, 4.69) is 5.32 Å². The van der Waals surface area contributed by atoms with Gasteiger partial charge in [-0.1, -0.05) is 13.0 Å². The van der Waals surface area contributed by atoms with E-state index in [9.17, 15) is 9.90 Å². The molecule has 0 saturated heterocycles. The van der Waals surface area contributed by atoms with Gasteiger partial charge in [-0.2, -0.15) is 0 Å². The quantitative estimate of drug-likeness (QED) is 0.511. The molecule has 15 heavy (non-hydrogen) atoms. The molecular weight excluding hydrogens is 192 g/mol. The zero-order chi connectivity index (χ0) is 11.3. The van der Waals surface area contributed by atoms with Gasteiger partial charge in [-0.15, -0.1) is 0 Å². The Labute approximate surface area is 89.1 Å². The van der Waals surface area contributed by atoms with Gasteiger partial charge in [-0.05, 0) is 24.1 Å². The summed E-state index contributed by atoms with van der Waals surface area (Å²) >= 11 is 0. The lowest BCUT2D eigenvalue weighted by molar-refractivity contribution is -0.120. The molecule has 82 valence electrons. The second-order valence-electron chi connectivity index (χ2n) is 3.35. The van der Waals surface area contributed by atoms with Crippen molar-refractivity contribution in [1.82, 2.24) is 5.32 Å². The highest BCUT2D eigenvalue weighted by atomic mass is 16.3. The fraction of sp³-hybridized carbons (Fsp3) is 0.364. The summed E-state index contributed by atoms with van der Waals surface area (Å²) in [7, 11) is 0. The minimum Gasteiger partial charge on any atom is -0.506 e.